The molecule has 236 valence electrons. The summed E-state index contributed by atoms with van der Waals surface area (Å²) in [4.78, 5) is 24.5. The fourth-order valence-electron chi connectivity index (χ4n) is 6.72. The van der Waals surface area contributed by atoms with Crippen molar-refractivity contribution in [2.45, 2.75) is 63.5 Å². The number of aromatic nitrogens is 3. The van der Waals surface area contributed by atoms with Gasteiger partial charge in [-0.15, -0.1) is 0 Å². The van der Waals surface area contributed by atoms with Crippen LogP contribution in [0.5, 0.6) is 17.2 Å². The van der Waals surface area contributed by atoms with Crippen molar-refractivity contribution in [3.05, 3.63) is 76.3 Å². The number of methoxy groups -OCH3 is 2. The Hall–Kier alpha value is -3.86. The van der Waals surface area contributed by atoms with Crippen molar-refractivity contribution in [2.75, 3.05) is 33.9 Å². The fraction of sp³-hybridized carbons (Fsp3) is 0.441. The lowest BCUT2D eigenvalue weighted by Gasteiger charge is -2.37. The number of carbonyl (C=O) groups is 1. The molecule has 4 aromatic rings. The van der Waals surface area contributed by atoms with Crippen LogP contribution in [-0.4, -0.2) is 65.4 Å². The Morgan fingerprint density at radius 2 is 1.93 bits per heavy atom. The number of hydrogen-bond donors (Lipinski definition) is 0. The molecule has 2 aromatic heterocycles. The number of fused-ring (bicyclic) bond motifs is 2. The first-order valence-electron chi connectivity index (χ1n) is 15.4. The molecule has 2 aromatic carbocycles. The molecular formula is C34H37ClN4O6. The van der Waals surface area contributed by atoms with E-state index in [4.69, 9.17) is 40.3 Å². The van der Waals surface area contributed by atoms with Gasteiger partial charge in [-0.25, -0.2) is 9.78 Å². The summed E-state index contributed by atoms with van der Waals surface area (Å²) in [6, 6.07) is 13.4. The van der Waals surface area contributed by atoms with E-state index < -0.39 is 11.8 Å². The van der Waals surface area contributed by atoms with Crippen molar-refractivity contribution in [1.29, 1.82) is 0 Å². The monoisotopic (exact) mass is 632 g/mol. The van der Waals surface area contributed by atoms with Crippen LogP contribution < -0.4 is 14.2 Å². The number of para-hydroxylation sites is 1. The molecule has 3 atom stereocenters. The molecule has 0 radical (unpaired) electrons. The zero-order valence-electron chi connectivity index (χ0n) is 25.9. The number of hydrogen-bond acceptors (Lipinski definition) is 9. The summed E-state index contributed by atoms with van der Waals surface area (Å²) in [5, 5.41) is 0.566. The largest absolute Gasteiger partial charge is 0.494 e. The Bertz CT molecular complexity index is 1730. The molecule has 45 heavy (non-hydrogen) atoms. The Balaban J connectivity index is 1.13. The Kier molecular flexibility index (Phi) is 7.83. The van der Waals surface area contributed by atoms with Gasteiger partial charge < -0.3 is 28.3 Å². The van der Waals surface area contributed by atoms with Crippen molar-refractivity contribution in [2.24, 2.45) is 0 Å². The lowest BCUT2D eigenvalue weighted by Crippen LogP contribution is -2.37. The minimum Gasteiger partial charge on any atom is -0.494 e. The molecule has 0 amide bonds. The van der Waals surface area contributed by atoms with E-state index in [9.17, 15) is 4.79 Å². The average molecular weight is 633 g/mol. The quantitative estimate of drug-likeness (QED) is 0.209. The first kappa shape index (κ1) is 29.8. The molecule has 2 unspecified atom stereocenters. The summed E-state index contributed by atoms with van der Waals surface area (Å²) in [6.45, 7) is 7.30. The van der Waals surface area contributed by atoms with Gasteiger partial charge in [0.05, 0.1) is 49.0 Å². The van der Waals surface area contributed by atoms with Crippen LogP contribution >= 0.6 is 11.6 Å². The van der Waals surface area contributed by atoms with Crippen molar-refractivity contribution < 1.29 is 28.5 Å². The summed E-state index contributed by atoms with van der Waals surface area (Å²) >= 11 is 6.07. The molecule has 11 heteroatoms. The fourth-order valence-corrected chi connectivity index (χ4v) is 6.84. The normalized spacial score (nSPS) is 22.3. The van der Waals surface area contributed by atoms with Gasteiger partial charge in [-0.3, -0.25) is 9.88 Å². The zero-order valence-corrected chi connectivity index (χ0v) is 26.7. The topological polar surface area (TPSA) is 97.2 Å². The molecule has 10 nitrogen and oxygen atoms in total. The number of benzene rings is 2. The summed E-state index contributed by atoms with van der Waals surface area (Å²) in [5.74, 6) is 1.89. The van der Waals surface area contributed by atoms with Gasteiger partial charge in [0.15, 0.2) is 11.5 Å². The number of rotatable bonds is 8. The molecule has 0 aliphatic carbocycles. The first-order valence-corrected chi connectivity index (χ1v) is 15.8. The maximum absolute atomic E-state index is 12.5. The van der Waals surface area contributed by atoms with E-state index in [2.05, 4.69) is 27.4 Å². The second kappa shape index (κ2) is 11.8. The Labute approximate surface area is 267 Å². The van der Waals surface area contributed by atoms with E-state index in [1.54, 1.807) is 25.4 Å². The van der Waals surface area contributed by atoms with Crippen LogP contribution in [0, 0.1) is 0 Å². The van der Waals surface area contributed by atoms with Crippen LogP contribution in [0.25, 0.3) is 11.0 Å². The summed E-state index contributed by atoms with van der Waals surface area (Å²) < 4.78 is 31.5. The first-order chi connectivity index (χ1) is 21.8. The van der Waals surface area contributed by atoms with Gasteiger partial charge in [0, 0.05) is 25.3 Å². The standard InChI is InChI=1S/C34H37ClN4O6/c1-20(32-37-30-26(39(32)19-24-12-15-43-24)16-22(33(40)42-4)17-28(30)41-3)38-13-10-21(11-14-38)25-6-5-7-27-31(25)45-34(2,44-27)29-9-8-23(35)18-36-29/h5-9,16-18,20-21,24H,10-15,19H2,1-4H3/t20?,24-,34?/m1/s1. The Morgan fingerprint density at radius 1 is 1.13 bits per heavy atom. The van der Waals surface area contributed by atoms with Gasteiger partial charge in [0.25, 0.3) is 5.79 Å². The lowest BCUT2D eigenvalue weighted by molar-refractivity contribution is -0.0722. The minimum absolute atomic E-state index is 0.0325. The number of imidazole rings is 1. The molecule has 2 fully saturated rings. The molecule has 7 rings (SSSR count). The van der Waals surface area contributed by atoms with Gasteiger partial charge in [-0.05, 0) is 75.5 Å². The molecule has 2 saturated heterocycles. The summed E-state index contributed by atoms with van der Waals surface area (Å²) in [5.41, 5.74) is 3.84. The number of esters is 1. The third-order valence-corrected chi connectivity index (χ3v) is 9.59. The van der Waals surface area contributed by atoms with Crippen LogP contribution in [0.15, 0.2) is 48.7 Å². The number of pyridine rings is 1. The predicted octanol–water partition coefficient (Wildman–Crippen LogP) is 6.25. The Morgan fingerprint density at radius 3 is 2.60 bits per heavy atom. The van der Waals surface area contributed by atoms with Crippen LogP contribution in [0.4, 0.5) is 0 Å². The summed E-state index contributed by atoms with van der Waals surface area (Å²) in [7, 11) is 2.98. The van der Waals surface area contributed by atoms with E-state index >= 15 is 0 Å². The van der Waals surface area contributed by atoms with Crippen molar-refractivity contribution in [1.82, 2.24) is 19.4 Å². The van der Waals surface area contributed by atoms with E-state index in [1.165, 1.54) is 7.11 Å². The third kappa shape index (κ3) is 5.38. The molecular weight excluding hydrogens is 596 g/mol. The van der Waals surface area contributed by atoms with Crippen molar-refractivity contribution >= 4 is 28.6 Å². The van der Waals surface area contributed by atoms with Gasteiger partial charge in [-0.2, -0.15) is 0 Å². The second-order valence-corrected chi connectivity index (χ2v) is 12.5. The third-order valence-electron chi connectivity index (χ3n) is 9.36. The van der Waals surface area contributed by atoms with E-state index in [0.717, 1.165) is 72.9 Å². The lowest BCUT2D eigenvalue weighted by atomic mass is 9.88. The maximum atomic E-state index is 12.5. The highest BCUT2D eigenvalue weighted by Crippen LogP contribution is 2.49. The molecule has 3 aliphatic rings. The van der Waals surface area contributed by atoms with Crippen LogP contribution in [0.2, 0.25) is 5.02 Å². The van der Waals surface area contributed by atoms with E-state index in [-0.39, 0.29) is 12.1 Å². The summed E-state index contributed by atoms with van der Waals surface area (Å²) in [6.07, 6.45) is 4.64. The number of likely N-dealkylation sites (tertiary alicyclic amines) is 1. The highest BCUT2D eigenvalue weighted by Gasteiger charge is 2.42. The van der Waals surface area contributed by atoms with Crippen LogP contribution in [0.1, 0.15) is 72.5 Å². The number of piperidine rings is 1. The van der Waals surface area contributed by atoms with E-state index in [0.29, 0.717) is 34.5 Å². The highest BCUT2D eigenvalue weighted by atomic mass is 35.5. The highest BCUT2D eigenvalue weighted by molar-refractivity contribution is 6.30. The predicted molar refractivity (Wildman–Crippen MR) is 168 cm³/mol. The van der Waals surface area contributed by atoms with E-state index in [1.807, 2.05) is 31.2 Å². The molecule has 0 N–H and O–H groups in total. The zero-order chi connectivity index (χ0) is 31.3. The van der Waals surface area contributed by atoms with Crippen molar-refractivity contribution in [3.8, 4) is 17.2 Å². The van der Waals surface area contributed by atoms with Crippen LogP contribution in [-0.2, 0) is 21.8 Å². The maximum Gasteiger partial charge on any atom is 0.338 e. The molecule has 0 saturated carbocycles. The van der Waals surface area contributed by atoms with Gasteiger partial charge in [-0.1, -0.05) is 23.7 Å². The molecule has 0 bridgehead atoms. The second-order valence-electron chi connectivity index (χ2n) is 12.1. The number of carbonyl (C=O) groups excluding carboxylic acids is 1. The molecule has 3 aliphatic heterocycles. The van der Waals surface area contributed by atoms with Crippen LogP contribution in [0.3, 0.4) is 0 Å². The average Bonchev–Trinajstić information content (AvgIpc) is 3.59. The van der Waals surface area contributed by atoms with Gasteiger partial charge in [0.2, 0.25) is 0 Å². The number of halogens is 1. The minimum atomic E-state index is -1.02. The number of ether oxygens (including phenoxy) is 5. The SMILES string of the molecule is COC(=O)c1cc(OC)c2nc(C(C)N3CCC(c4cccc5c4OC(C)(c4ccc(Cl)cn4)O5)CC3)n(C[C@H]3CCO3)c2c1. The molecule has 0 spiro atoms. The van der Waals surface area contributed by atoms with Gasteiger partial charge >= 0.3 is 5.97 Å². The van der Waals surface area contributed by atoms with Crippen molar-refractivity contribution in [3.63, 3.8) is 0 Å². The smallest absolute Gasteiger partial charge is 0.338 e. The van der Waals surface area contributed by atoms with Gasteiger partial charge in [0.1, 0.15) is 22.8 Å². The molecule has 5 heterocycles. The number of nitrogens with zero attached hydrogens (tertiary/aromatic N) is 4.